The Morgan fingerprint density at radius 3 is 2.48 bits per heavy atom. The molecule has 2 aliphatic heterocycles. The second-order valence-corrected chi connectivity index (χ2v) is 7.76. The topological polar surface area (TPSA) is 18.5 Å². The predicted octanol–water partition coefficient (Wildman–Crippen LogP) is 2.82. The van der Waals surface area contributed by atoms with Crippen LogP contribution in [-0.2, 0) is 0 Å². The van der Waals surface area contributed by atoms with Crippen LogP contribution < -0.4 is 5.32 Å². The molecule has 2 heterocycles. The predicted molar refractivity (Wildman–Crippen MR) is 91.8 cm³/mol. The molecular weight excluding hydrogens is 258 g/mol. The first-order chi connectivity index (χ1) is 10.1. The van der Waals surface area contributed by atoms with Gasteiger partial charge >= 0.3 is 0 Å². The van der Waals surface area contributed by atoms with Crippen LogP contribution >= 0.6 is 0 Å². The minimum Gasteiger partial charge on any atom is -0.316 e. The highest BCUT2D eigenvalue weighted by molar-refractivity contribution is 4.78. The van der Waals surface area contributed by atoms with Gasteiger partial charge in [-0.05, 0) is 90.3 Å². The molecule has 2 saturated heterocycles. The van der Waals surface area contributed by atoms with Crippen LogP contribution in [-0.4, -0.2) is 62.2 Å². The summed E-state index contributed by atoms with van der Waals surface area (Å²) in [4.78, 5) is 5.30. The fourth-order valence-corrected chi connectivity index (χ4v) is 3.83. The maximum Gasteiger partial charge on any atom is 0.0104 e. The van der Waals surface area contributed by atoms with Gasteiger partial charge in [0.1, 0.15) is 0 Å². The molecule has 0 amide bonds. The van der Waals surface area contributed by atoms with E-state index in [1.807, 2.05) is 0 Å². The monoisotopic (exact) mass is 295 g/mol. The first kappa shape index (κ1) is 17.2. The molecule has 2 rings (SSSR count). The number of hydrogen-bond donors (Lipinski definition) is 1. The van der Waals surface area contributed by atoms with E-state index in [1.54, 1.807) is 0 Å². The molecule has 1 atom stereocenters. The van der Waals surface area contributed by atoms with E-state index in [1.165, 1.54) is 77.8 Å². The fourth-order valence-electron chi connectivity index (χ4n) is 3.83. The van der Waals surface area contributed by atoms with Crippen LogP contribution in [0.4, 0.5) is 0 Å². The molecule has 3 heteroatoms. The molecule has 2 aliphatic rings. The molecule has 0 saturated carbocycles. The van der Waals surface area contributed by atoms with Crippen molar-refractivity contribution in [1.82, 2.24) is 15.1 Å². The zero-order valence-electron chi connectivity index (χ0n) is 14.6. The van der Waals surface area contributed by atoms with Crippen molar-refractivity contribution < 1.29 is 0 Å². The van der Waals surface area contributed by atoms with E-state index in [2.05, 4.69) is 36.0 Å². The maximum atomic E-state index is 3.63. The largest absolute Gasteiger partial charge is 0.316 e. The molecule has 2 fully saturated rings. The summed E-state index contributed by atoms with van der Waals surface area (Å²) in [5.41, 5.74) is 0. The van der Waals surface area contributed by atoms with Crippen molar-refractivity contribution in [2.24, 2.45) is 11.8 Å². The third-order valence-electron chi connectivity index (χ3n) is 5.39. The van der Waals surface area contributed by atoms with Crippen molar-refractivity contribution in [1.29, 1.82) is 0 Å². The lowest BCUT2D eigenvalue weighted by Crippen LogP contribution is -2.42. The number of nitrogens with one attached hydrogen (secondary N) is 1. The van der Waals surface area contributed by atoms with Crippen LogP contribution in [0.1, 0.15) is 52.4 Å². The number of piperidine rings is 2. The van der Waals surface area contributed by atoms with E-state index < -0.39 is 0 Å². The second-order valence-electron chi connectivity index (χ2n) is 7.76. The van der Waals surface area contributed by atoms with Gasteiger partial charge in [0.05, 0.1) is 0 Å². The lowest BCUT2D eigenvalue weighted by atomic mass is 9.95. The first-order valence-electron chi connectivity index (χ1n) is 9.28. The third-order valence-corrected chi connectivity index (χ3v) is 5.39. The maximum absolute atomic E-state index is 3.63. The highest BCUT2D eigenvalue weighted by atomic mass is 15.2. The third kappa shape index (κ3) is 6.25. The molecule has 0 bridgehead atoms. The number of nitrogens with zero attached hydrogens (tertiary/aromatic N) is 2. The summed E-state index contributed by atoms with van der Waals surface area (Å²) >= 11 is 0. The van der Waals surface area contributed by atoms with E-state index in [9.17, 15) is 0 Å². The van der Waals surface area contributed by atoms with Crippen molar-refractivity contribution in [2.45, 2.75) is 58.4 Å². The highest BCUT2D eigenvalue weighted by Gasteiger charge is 2.22. The van der Waals surface area contributed by atoms with E-state index in [-0.39, 0.29) is 0 Å². The summed E-state index contributed by atoms with van der Waals surface area (Å²) in [5.74, 6) is 1.69. The van der Waals surface area contributed by atoms with Crippen LogP contribution in [0.2, 0.25) is 0 Å². The SMILES string of the molecule is CC(C)CNCC1CCN(CCC2CCCCN2C)CC1. The zero-order chi connectivity index (χ0) is 15.1. The average Bonchev–Trinajstić information content (AvgIpc) is 2.47. The Kier molecular flexibility index (Phi) is 7.48. The Morgan fingerprint density at radius 2 is 1.81 bits per heavy atom. The Labute approximate surface area is 132 Å². The van der Waals surface area contributed by atoms with Crippen molar-refractivity contribution in [3.8, 4) is 0 Å². The Hall–Kier alpha value is -0.120. The average molecular weight is 296 g/mol. The minimum atomic E-state index is 0.776. The van der Waals surface area contributed by atoms with Crippen LogP contribution in [0.25, 0.3) is 0 Å². The van der Waals surface area contributed by atoms with Crippen LogP contribution in [0, 0.1) is 11.8 Å². The van der Waals surface area contributed by atoms with Crippen molar-refractivity contribution in [3.63, 3.8) is 0 Å². The molecule has 0 spiro atoms. The van der Waals surface area contributed by atoms with Gasteiger partial charge in [0.2, 0.25) is 0 Å². The summed E-state index contributed by atoms with van der Waals surface area (Å²) in [6.07, 6.45) is 8.44. The van der Waals surface area contributed by atoms with Crippen molar-refractivity contribution >= 4 is 0 Å². The molecular formula is C18H37N3. The van der Waals surface area contributed by atoms with Crippen LogP contribution in [0.5, 0.6) is 0 Å². The normalized spacial score (nSPS) is 26.6. The van der Waals surface area contributed by atoms with E-state index in [0.717, 1.165) is 17.9 Å². The number of likely N-dealkylation sites (tertiary alicyclic amines) is 2. The minimum absolute atomic E-state index is 0.776. The molecule has 0 aromatic rings. The standard InChI is InChI=1S/C18H37N3/c1-16(2)14-19-15-17-7-11-21(12-8-17)13-9-18-6-4-5-10-20(18)3/h16-19H,4-15H2,1-3H3. The Morgan fingerprint density at radius 1 is 1.05 bits per heavy atom. The molecule has 21 heavy (non-hydrogen) atoms. The summed E-state index contributed by atoms with van der Waals surface area (Å²) < 4.78 is 0. The van der Waals surface area contributed by atoms with Gasteiger partial charge in [0.25, 0.3) is 0 Å². The fraction of sp³-hybridized carbons (Fsp3) is 1.00. The number of hydrogen-bond acceptors (Lipinski definition) is 3. The van der Waals surface area contributed by atoms with Gasteiger partial charge in [0, 0.05) is 6.04 Å². The van der Waals surface area contributed by atoms with Crippen LogP contribution in [0.15, 0.2) is 0 Å². The number of rotatable bonds is 7. The summed E-state index contributed by atoms with van der Waals surface area (Å²) in [6.45, 7) is 12.3. The lowest BCUT2D eigenvalue weighted by molar-refractivity contribution is 0.133. The van der Waals surface area contributed by atoms with E-state index in [0.29, 0.717) is 0 Å². The second kappa shape index (κ2) is 9.12. The smallest absolute Gasteiger partial charge is 0.0104 e. The van der Waals surface area contributed by atoms with Gasteiger partial charge in [-0.1, -0.05) is 20.3 Å². The summed E-state index contributed by atoms with van der Waals surface area (Å²) in [7, 11) is 2.32. The Balaban J connectivity index is 1.56. The molecule has 0 aliphatic carbocycles. The van der Waals surface area contributed by atoms with E-state index in [4.69, 9.17) is 0 Å². The molecule has 0 radical (unpaired) electrons. The molecule has 1 N–H and O–H groups in total. The Bertz CT molecular complexity index is 272. The quantitative estimate of drug-likeness (QED) is 0.779. The van der Waals surface area contributed by atoms with Gasteiger partial charge in [-0.2, -0.15) is 0 Å². The van der Waals surface area contributed by atoms with E-state index >= 15 is 0 Å². The van der Waals surface area contributed by atoms with Gasteiger partial charge < -0.3 is 15.1 Å². The zero-order valence-corrected chi connectivity index (χ0v) is 14.6. The van der Waals surface area contributed by atoms with Gasteiger partial charge in [-0.25, -0.2) is 0 Å². The lowest BCUT2D eigenvalue weighted by Gasteiger charge is -2.36. The highest BCUT2D eigenvalue weighted by Crippen LogP contribution is 2.20. The van der Waals surface area contributed by atoms with Crippen molar-refractivity contribution in [3.05, 3.63) is 0 Å². The molecule has 0 aromatic heterocycles. The van der Waals surface area contributed by atoms with Gasteiger partial charge in [-0.3, -0.25) is 0 Å². The van der Waals surface area contributed by atoms with Crippen LogP contribution in [0.3, 0.4) is 0 Å². The summed E-state index contributed by atoms with van der Waals surface area (Å²) in [6, 6.07) is 0.851. The molecule has 0 aromatic carbocycles. The van der Waals surface area contributed by atoms with Gasteiger partial charge in [0.15, 0.2) is 0 Å². The van der Waals surface area contributed by atoms with Gasteiger partial charge in [-0.15, -0.1) is 0 Å². The molecule has 3 nitrogen and oxygen atoms in total. The molecule has 124 valence electrons. The summed E-state index contributed by atoms with van der Waals surface area (Å²) in [5, 5.41) is 3.63. The first-order valence-corrected chi connectivity index (χ1v) is 9.28. The van der Waals surface area contributed by atoms with Crippen molar-refractivity contribution in [2.75, 3.05) is 46.3 Å². The molecule has 1 unspecified atom stereocenters.